The Bertz CT molecular complexity index is 1020. The van der Waals surface area contributed by atoms with Crippen molar-refractivity contribution in [2.45, 2.75) is 6.92 Å². The molecule has 2 aromatic heterocycles. The number of aryl methyl sites for hydroxylation is 1. The van der Waals surface area contributed by atoms with E-state index in [2.05, 4.69) is 25.7 Å². The number of nitrogens with one attached hydrogen (secondary N) is 2. The Balaban J connectivity index is 1.63. The average molecular weight is 373 g/mol. The van der Waals surface area contributed by atoms with Crippen LogP contribution in [-0.4, -0.2) is 33.1 Å². The number of fused-ring (bicyclic) bond motifs is 1. The van der Waals surface area contributed by atoms with E-state index in [9.17, 15) is 4.79 Å². The average Bonchev–Trinajstić information content (AvgIpc) is 3.22. The highest BCUT2D eigenvalue weighted by Crippen LogP contribution is 2.42. The molecule has 0 fully saturated rings. The van der Waals surface area contributed by atoms with Gasteiger partial charge in [0.05, 0.1) is 10.7 Å². The molecule has 0 radical (unpaired) electrons. The first-order valence-corrected chi connectivity index (χ1v) is 7.95. The summed E-state index contributed by atoms with van der Waals surface area (Å²) >= 11 is 6.32. The smallest absolute Gasteiger partial charge is 0.279 e. The van der Waals surface area contributed by atoms with Crippen LogP contribution in [-0.2, 0) is 0 Å². The number of nitrogen functional groups attached to an aromatic ring is 1. The Morgan fingerprint density at radius 1 is 1.23 bits per heavy atom. The minimum atomic E-state index is -0.433. The summed E-state index contributed by atoms with van der Waals surface area (Å²) in [7, 11) is 0. The number of nitrogens with two attached hydrogens (primary N) is 1. The third kappa shape index (κ3) is 2.78. The molecule has 0 saturated heterocycles. The number of hydrogen-bond donors (Lipinski definition) is 3. The van der Waals surface area contributed by atoms with Crippen molar-refractivity contribution in [3.05, 3.63) is 40.7 Å². The van der Waals surface area contributed by atoms with Gasteiger partial charge in [-0.15, -0.1) is 0 Å². The van der Waals surface area contributed by atoms with Gasteiger partial charge in [0.1, 0.15) is 11.6 Å². The number of H-pyrrole nitrogens is 1. The van der Waals surface area contributed by atoms with Gasteiger partial charge in [0.2, 0.25) is 6.79 Å². The van der Waals surface area contributed by atoms with Crippen molar-refractivity contribution in [1.29, 1.82) is 0 Å². The van der Waals surface area contributed by atoms with Gasteiger partial charge >= 0.3 is 0 Å². The van der Waals surface area contributed by atoms with Crippen molar-refractivity contribution in [3.8, 4) is 22.6 Å². The van der Waals surface area contributed by atoms with Crippen molar-refractivity contribution < 1.29 is 14.3 Å². The van der Waals surface area contributed by atoms with Crippen LogP contribution in [0.4, 0.5) is 11.6 Å². The van der Waals surface area contributed by atoms with E-state index in [4.69, 9.17) is 26.8 Å². The normalized spacial score (nSPS) is 12.2. The summed E-state index contributed by atoms with van der Waals surface area (Å²) in [5.41, 5.74) is 8.01. The summed E-state index contributed by atoms with van der Waals surface area (Å²) < 4.78 is 10.7. The van der Waals surface area contributed by atoms with Crippen LogP contribution in [0.15, 0.2) is 24.3 Å². The number of ether oxygens (including phenoxy) is 2. The topological polar surface area (TPSA) is 128 Å². The number of carbonyl (C=O) groups is 1. The molecule has 9 nitrogen and oxygen atoms in total. The number of aromatic nitrogens is 4. The summed E-state index contributed by atoms with van der Waals surface area (Å²) in [6.07, 6.45) is 0. The molecule has 3 heterocycles. The first-order chi connectivity index (χ1) is 12.5. The molecule has 26 heavy (non-hydrogen) atoms. The van der Waals surface area contributed by atoms with E-state index in [-0.39, 0.29) is 24.1 Å². The fourth-order valence-electron chi connectivity index (χ4n) is 2.57. The van der Waals surface area contributed by atoms with Crippen LogP contribution in [0.5, 0.6) is 11.5 Å². The van der Waals surface area contributed by atoms with Gasteiger partial charge < -0.3 is 20.5 Å². The van der Waals surface area contributed by atoms with Crippen molar-refractivity contribution in [2.75, 3.05) is 17.8 Å². The second-order valence-corrected chi connectivity index (χ2v) is 5.93. The van der Waals surface area contributed by atoms with Crippen molar-refractivity contribution >= 4 is 29.1 Å². The number of aromatic amines is 1. The van der Waals surface area contributed by atoms with Crippen molar-refractivity contribution in [1.82, 2.24) is 20.4 Å². The molecule has 0 bridgehead atoms. The minimum absolute atomic E-state index is 0.148. The molecule has 0 saturated carbocycles. The quantitative estimate of drug-likeness (QED) is 0.643. The van der Waals surface area contributed by atoms with E-state index < -0.39 is 5.91 Å². The van der Waals surface area contributed by atoms with E-state index >= 15 is 0 Å². The largest absolute Gasteiger partial charge is 0.454 e. The van der Waals surface area contributed by atoms with Crippen LogP contribution >= 0.6 is 11.6 Å². The molecule has 0 atom stereocenters. The van der Waals surface area contributed by atoms with Crippen LogP contribution in [0.2, 0.25) is 5.02 Å². The van der Waals surface area contributed by atoms with E-state index in [0.717, 1.165) is 0 Å². The third-order valence-electron chi connectivity index (χ3n) is 3.86. The fraction of sp³-hybridized carbons (Fsp3) is 0.125. The molecular weight excluding hydrogens is 360 g/mol. The lowest BCUT2D eigenvalue weighted by atomic mass is 10.1. The number of hydrogen-bond acceptors (Lipinski definition) is 7. The van der Waals surface area contributed by atoms with E-state index in [1.54, 1.807) is 31.2 Å². The second-order valence-electron chi connectivity index (χ2n) is 5.53. The first-order valence-electron chi connectivity index (χ1n) is 7.57. The zero-order chi connectivity index (χ0) is 18.3. The Hall–Kier alpha value is -3.33. The summed E-state index contributed by atoms with van der Waals surface area (Å²) in [6.45, 7) is 1.82. The number of nitrogens with zero attached hydrogens (tertiary/aromatic N) is 3. The number of anilines is 2. The molecule has 3 aromatic rings. The van der Waals surface area contributed by atoms with Gasteiger partial charge in [-0.25, -0.2) is 4.98 Å². The highest BCUT2D eigenvalue weighted by atomic mass is 35.5. The predicted octanol–water partition coefficient (Wildman–Crippen LogP) is 2.39. The number of carbonyl (C=O) groups excluding carboxylic acids is 1. The molecule has 1 aliphatic heterocycles. The molecule has 132 valence electrons. The Morgan fingerprint density at radius 3 is 2.69 bits per heavy atom. The number of rotatable bonds is 3. The zero-order valence-corrected chi connectivity index (χ0v) is 14.3. The van der Waals surface area contributed by atoms with Crippen LogP contribution in [0.1, 0.15) is 16.2 Å². The molecular formula is C16H13ClN6O3. The molecule has 0 spiro atoms. The lowest BCUT2D eigenvalue weighted by Crippen LogP contribution is -2.15. The molecule has 1 aliphatic rings. The van der Waals surface area contributed by atoms with Crippen molar-refractivity contribution in [2.24, 2.45) is 0 Å². The highest BCUT2D eigenvalue weighted by molar-refractivity contribution is 6.33. The van der Waals surface area contributed by atoms with Crippen molar-refractivity contribution in [3.63, 3.8) is 0 Å². The Kier molecular flexibility index (Phi) is 3.85. The third-order valence-corrected chi connectivity index (χ3v) is 4.17. The highest BCUT2D eigenvalue weighted by Gasteiger charge is 2.19. The number of amides is 1. The summed E-state index contributed by atoms with van der Waals surface area (Å²) in [5.74, 6) is 1.23. The lowest BCUT2D eigenvalue weighted by Gasteiger charge is -2.10. The van der Waals surface area contributed by atoms with Gasteiger partial charge in [0.15, 0.2) is 17.2 Å². The lowest BCUT2D eigenvalue weighted by molar-refractivity contribution is 0.102. The van der Waals surface area contributed by atoms with Gasteiger partial charge in [0, 0.05) is 17.2 Å². The van der Waals surface area contributed by atoms with Crippen LogP contribution in [0.3, 0.4) is 0 Å². The SMILES string of the molecule is Cc1n[nH]nc1C(=O)Nc1ccc(-c2cc3c(cc2Cl)OCO3)c(N)n1. The van der Waals surface area contributed by atoms with Gasteiger partial charge in [-0.3, -0.25) is 4.79 Å². The summed E-state index contributed by atoms with van der Waals surface area (Å²) in [5, 5.41) is 13.1. The summed E-state index contributed by atoms with van der Waals surface area (Å²) in [4.78, 5) is 16.4. The fourth-order valence-corrected chi connectivity index (χ4v) is 2.83. The molecule has 10 heteroatoms. The number of pyridine rings is 1. The monoisotopic (exact) mass is 372 g/mol. The standard InChI is InChI=1S/C16H13ClN6O3/c1-7-14(22-23-21-7)16(24)20-13-3-2-8(15(18)19-13)9-4-11-12(5-10(9)17)26-6-25-11/h2-5H,6H2,1H3,(H,21,22,23)(H3,18,19,20,24). The number of benzene rings is 1. The maximum atomic E-state index is 12.2. The Labute approximate surface area is 152 Å². The number of halogens is 1. The maximum absolute atomic E-state index is 12.2. The second kappa shape index (κ2) is 6.19. The van der Waals surface area contributed by atoms with Crippen LogP contribution in [0.25, 0.3) is 11.1 Å². The Morgan fingerprint density at radius 2 is 2.00 bits per heavy atom. The summed E-state index contributed by atoms with van der Waals surface area (Å²) in [6, 6.07) is 6.76. The zero-order valence-electron chi connectivity index (χ0n) is 13.5. The maximum Gasteiger partial charge on any atom is 0.279 e. The van der Waals surface area contributed by atoms with Crippen LogP contribution in [0, 0.1) is 6.92 Å². The van der Waals surface area contributed by atoms with Gasteiger partial charge in [-0.05, 0) is 25.1 Å². The molecule has 0 aliphatic carbocycles. The van der Waals surface area contributed by atoms with Gasteiger partial charge in [-0.2, -0.15) is 15.4 Å². The first kappa shape index (κ1) is 16.2. The van der Waals surface area contributed by atoms with Gasteiger partial charge in [-0.1, -0.05) is 11.6 Å². The van der Waals surface area contributed by atoms with E-state index in [0.29, 0.717) is 33.3 Å². The molecule has 4 rings (SSSR count). The molecule has 0 unspecified atom stereocenters. The molecule has 4 N–H and O–H groups in total. The molecule has 1 aromatic carbocycles. The predicted molar refractivity (Wildman–Crippen MR) is 94.3 cm³/mol. The minimum Gasteiger partial charge on any atom is -0.454 e. The molecule has 1 amide bonds. The van der Waals surface area contributed by atoms with Gasteiger partial charge in [0.25, 0.3) is 5.91 Å². The van der Waals surface area contributed by atoms with Crippen LogP contribution < -0.4 is 20.5 Å². The van der Waals surface area contributed by atoms with E-state index in [1.807, 2.05) is 0 Å². The van der Waals surface area contributed by atoms with E-state index in [1.165, 1.54) is 0 Å².